The van der Waals surface area contributed by atoms with Crippen molar-refractivity contribution in [3.63, 3.8) is 0 Å². The van der Waals surface area contributed by atoms with Crippen LogP contribution < -0.4 is 0 Å². The van der Waals surface area contributed by atoms with E-state index >= 15 is 0 Å². The Balaban J connectivity index is 1.86. The van der Waals surface area contributed by atoms with Crippen LogP contribution in [0, 0.1) is 23.3 Å². The summed E-state index contributed by atoms with van der Waals surface area (Å²) in [5.74, 6) is -3.57. The predicted octanol–water partition coefficient (Wildman–Crippen LogP) is 6.91. The molecule has 0 heterocycles. The van der Waals surface area contributed by atoms with Crippen LogP contribution in [0.15, 0.2) is 35.9 Å². The van der Waals surface area contributed by atoms with Gasteiger partial charge in [-0.05, 0) is 60.6 Å². The summed E-state index contributed by atoms with van der Waals surface area (Å²) < 4.78 is 56.1. The van der Waals surface area contributed by atoms with Gasteiger partial charge in [0.05, 0.1) is 5.56 Å². The molecule has 26 heavy (non-hydrogen) atoms. The Morgan fingerprint density at radius 3 is 2.42 bits per heavy atom. The lowest BCUT2D eigenvalue weighted by molar-refractivity contribution is 0.508. The van der Waals surface area contributed by atoms with Gasteiger partial charge in [-0.2, -0.15) is 0 Å². The molecule has 0 aliphatic heterocycles. The van der Waals surface area contributed by atoms with Crippen LogP contribution in [0.4, 0.5) is 17.6 Å². The number of halogens is 4. The SMILES string of the molecule is CCCCCCC1=CCc2c(cc(F)c(-c3ccc(F)c(F)c3)c2F)C1. The van der Waals surface area contributed by atoms with Crippen molar-refractivity contribution in [1.82, 2.24) is 0 Å². The van der Waals surface area contributed by atoms with Crippen LogP contribution in [0.25, 0.3) is 11.1 Å². The number of unbranched alkanes of at least 4 members (excludes halogenated alkanes) is 3. The molecular weight excluding hydrogens is 340 g/mol. The van der Waals surface area contributed by atoms with Gasteiger partial charge in [-0.1, -0.05) is 43.9 Å². The molecule has 0 spiro atoms. The number of hydrogen-bond donors (Lipinski definition) is 0. The lowest BCUT2D eigenvalue weighted by Crippen LogP contribution is -2.09. The van der Waals surface area contributed by atoms with Crippen molar-refractivity contribution in [3.8, 4) is 11.1 Å². The maximum Gasteiger partial charge on any atom is 0.159 e. The summed E-state index contributed by atoms with van der Waals surface area (Å²) in [5.41, 5.74) is 2.04. The molecule has 0 saturated heterocycles. The van der Waals surface area contributed by atoms with Gasteiger partial charge in [0.1, 0.15) is 11.6 Å². The van der Waals surface area contributed by atoms with Gasteiger partial charge in [0.15, 0.2) is 11.6 Å². The standard InChI is InChI=1S/C22H22F4/c1-2-3-4-5-6-14-7-9-17-16(11-14)13-20(25)21(22(17)26)15-8-10-18(23)19(24)12-15/h7-8,10,12-13H,2-6,9,11H2,1H3. The van der Waals surface area contributed by atoms with Gasteiger partial charge in [-0.15, -0.1) is 0 Å². The highest BCUT2D eigenvalue weighted by atomic mass is 19.2. The Hall–Kier alpha value is -2.10. The van der Waals surface area contributed by atoms with Crippen LogP contribution in [0.1, 0.15) is 50.2 Å². The zero-order valence-electron chi connectivity index (χ0n) is 14.8. The van der Waals surface area contributed by atoms with Crippen LogP contribution in [-0.4, -0.2) is 0 Å². The quantitative estimate of drug-likeness (QED) is 0.298. The molecule has 138 valence electrons. The van der Waals surface area contributed by atoms with E-state index in [4.69, 9.17) is 0 Å². The first-order valence-corrected chi connectivity index (χ1v) is 9.14. The first kappa shape index (κ1) is 18.7. The van der Waals surface area contributed by atoms with Gasteiger partial charge in [-0.25, -0.2) is 17.6 Å². The van der Waals surface area contributed by atoms with E-state index in [9.17, 15) is 17.6 Å². The smallest absolute Gasteiger partial charge is 0.159 e. The number of hydrogen-bond acceptors (Lipinski definition) is 0. The molecule has 0 N–H and O–H groups in total. The molecule has 3 rings (SSSR count). The van der Waals surface area contributed by atoms with E-state index < -0.39 is 23.3 Å². The lowest BCUT2D eigenvalue weighted by atomic mass is 9.86. The average molecular weight is 362 g/mol. The number of allylic oxidation sites excluding steroid dienone is 2. The summed E-state index contributed by atoms with van der Waals surface area (Å²) in [6.07, 6.45) is 8.55. The minimum Gasteiger partial charge on any atom is -0.206 e. The molecule has 0 saturated carbocycles. The van der Waals surface area contributed by atoms with Crippen LogP contribution in [0.2, 0.25) is 0 Å². The van der Waals surface area contributed by atoms with E-state index in [2.05, 4.69) is 6.92 Å². The molecule has 1 aliphatic carbocycles. The van der Waals surface area contributed by atoms with Crippen LogP contribution in [0.5, 0.6) is 0 Å². The molecule has 2 aromatic carbocycles. The summed E-state index contributed by atoms with van der Waals surface area (Å²) in [7, 11) is 0. The maximum absolute atomic E-state index is 14.9. The lowest BCUT2D eigenvalue weighted by Gasteiger charge is -2.20. The first-order chi connectivity index (χ1) is 12.5. The van der Waals surface area contributed by atoms with Gasteiger partial charge in [0.25, 0.3) is 0 Å². The van der Waals surface area contributed by atoms with Crippen molar-refractivity contribution in [2.24, 2.45) is 0 Å². The third kappa shape index (κ3) is 3.84. The Bertz CT molecular complexity index is 837. The maximum atomic E-state index is 14.9. The molecule has 4 heteroatoms. The van der Waals surface area contributed by atoms with E-state index in [1.165, 1.54) is 37.0 Å². The molecule has 1 aliphatic rings. The summed E-state index contributed by atoms with van der Waals surface area (Å²) in [5, 5.41) is 0. The summed E-state index contributed by atoms with van der Waals surface area (Å²) in [6.45, 7) is 2.16. The van der Waals surface area contributed by atoms with E-state index in [0.29, 0.717) is 24.0 Å². The van der Waals surface area contributed by atoms with Gasteiger partial charge in [0, 0.05) is 0 Å². The Labute approximate surface area is 151 Å². The largest absolute Gasteiger partial charge is 0.206 e. The monoisotopic (exact) mass is 362 g/mol. The topological polar surface area (TPSA) is 0 Å². The van der Waals surface area contributed by atoms with E-state index in [1.54, 1.807) is 0 Å². The van der Waals surface area contributed by atoms with Crippen molar-refractivity contribution >= 4 is 0 Å². The second kappa shape index (κ2) is 8.07. The molecule has 0 nitrogen and oxygen atoms in total. The van der Waals surface area contributed by atoms with Gasteiger partial charge in [-0.3, -0.25) is 0 Å². The van der Waals surface area contributed by atoms with Gasteiger partial charge < -0.3 is 0 Å². The van der Waals surface area contributed by atoms with E-state index in [0.717, 1.165) is 25.0 Å². The fraction of sp³-hybridized carbons (Fsp3) is 0.364. The molecule has 0 unspecified atom stereocenters. The average Bonchev–Trinajstić information content (AvgIpc) is 2.61. The van der Waals surface area contributed by atoms with Gasteiger partial charge >= 0.3 is 0 Å². The molecule has 0 radical (unpaired) electrons. The van der Waals surface area contributed by atoms with E-state index in [1.807, 2.05) is 6.08 Å². The third-order valence-corrected chi connectivity index (χ3v) is 4.98. The fourth-order valence-corrected chi connectivity index (χ4v) is 3.54. The number of benzene rings is 2. The van der Waals surface area contributed by atoms with Crippen molar-refractivity contribution in [2.75, 3.05) is 0 Å². The Morgan fingerprint density at radius 2 is 1.69 bits per heavy atom. The van der Waals surface area contributed by atoms with Crippen LogP contribution in [0.3, 0.4) is 0 Å². The van der Waals surface area contributed by atoms with Crippen molar-refractivity contribution in [3.05, 3.63) is 70.3 Å². The highest BCUT2D eigenvalue weighted by Gasteiger charge is 2.22. The predicted molar refractivity (Wildman–Crippen MR) is 96.0 cm³/mol. The normalized spacial score (nSPS) is 13.5. The molecule has 0 atom stereocenters. The minimum atomic E-state index is -1.12. The van der Waals surface area contributed by atoms with E-state index in [-0.39, 0.29) is 11.1 Å². The molecule has 2 aromatic rings. The fourth-order valence-electron chi connectivity index (χ4n) is 3.54. The van der Waals surface area contributed by atoms with Crippen molar-refractivity contribution in [2.45, 2.75) is 51.9 Å². The number of fused-ring (bicyclic) bond motifs is 1. The van der Waals surface area contributed by atoms with Crippen molar-refractivity contribution < 1.29 is 17.6 Å². The molecule has 0 aromatic heterocycles. The number of rotatable bonds is 6. The highest BCUT2D eigenvalue weighted by molar-refractivity contribution is 5.67. The Kier molecular flexibility index (Phi) is 5.80. The highest BCUT2D eigenvalue weighted by Crippen LogP contribution is 2.35. The van der Waals surface area contributed by atoms with Crippen molar-refractivity contribution in [1.29, 1.82) is 0 Å². The van der Waals surface area contributed by atoms with Crippen LogP contribution >= 0.6 is 0 Å². The minimum absolute atomic E-state index is 0.0102. The molecule has 0 bridgehead atoms. The first-order valence-electron chi connectivity index (χ1n) is 9.14. The zero-order valence-corrected chi connectivity index (χ0v) is 14.8. The second-order valence-corrected chi connectivity index (χ2v) is 6.87. The molecule has 0 fully saturated rings. The summed E-state index contributed by atoms with van der Waals surface area (Å²) >= 11 is 0. The van der Waals surface area contributed by atoms with Gasteiger partial charge in [0.2, 0.25) is 0 Å². The third-order valence-electron chi connectivity index (χ3n) is 4.98. The zero-order chi connectivity index (χ0) is 18.7. The van der Waals surface area contributed by atoms with Crippen LogP contribution in [-0.2, 0) is 12.8 Å². The summed E-state index contributed by atoms with van der Waals surface area (Å²) in [4.78, 5) is 0. The molecular formula is C22H22F4. The molecule has 0 amide bonds. The second-order valence-electron chi connectivity index (χ2n) is 6.87. The Morgan fingerprint density at radius 1 is 0.885 bits per heavy atom. The summed E-state index contributed by atoms with van der Waals surface area (Å²) in [6, 6.07) is 4.26.